The van der Waals surface area contributed by atoms with Crippen LogP contribution >= 0.6 is 0 Å². The number of amides is 1. The van der Waals surface area contributed by atoms with Gasteiger partial charge in [-0.2, -0.15) is 5.10 Å². The van der Waals surface area contributed by atoms with E-state index in [2.05, 4.69) is 17.6 Å². The van der Waals surface area contributed by atoms with E-state index in [1.165, 1.54) is 6.42 Å². The second kappa shape index (κ2) is 8.92. The molecule has 0 aliphatic carbocycles. The molecule has 1 amide bonds. The van der Waals surface area contributed by atoms with Crippen LogP contribution in [0.3, 0.4) is 0 Å². The van der Waals surface area contributed by atoms with Gasteiger partial charge in [-0.25, -0.2) is 5.01 Å². The minimum Gasteiger partial charge on any atom is -0.496 e. The summed E-state index contributed by atoms with van der Waals surface area (Å²) >= 11 is 0. The van der Waals surface area contributed by atoms with Gasteiger partial charge in [0.25, 0.3) is 5.91 Å². The van der Waals surface area contributed by atoms with Crippen LogP contribution in [-0.4, -0.2) is 40.9 Å². The summed E-state index contributed by atoms with van der Waals surface area (Å²) in [4.78, 5) is 13.1. The summed E-state index contributed by atoms with van der Waals surface area (Å²) in [5, 5.41) is 6.76. The Morgan fingerprint density at radius 2 is 1.76 bits per heavy atom. The molecule has 1 N–H and O–H groups in total. The van der Waals surface area contributed by atoms with E-state index in [0.717, 1.165) is 37.1 Å². The van der Waals surface area contributed by atoms with Gasteiger partial charge in [0, 0.05) is 24.8 Å². The number of hydrogen-bond donors (Lipinski definition) is 1. The van der Waals surface area contributed by atoms with Gasteiger partial charge in [0.1, 0.15) is 11.4 Å². The Bertz CT molecular complexity index is 962. The average Bonchev–Trinajstić information content (AvgIpc) is 3.19. The number of carbonyl (C=O) groups excluding carboxylic acids is 1. The molecule has 1 aliphatic rings. The summed E-state index contributed by atoms with van der Waals surface area (Å²) in [6, 6.07) is 17.8. The Hall–Kier alpha value is -3.12. The number of methoxy groups -OCH3 is 1. The van der Waals surface area contributed by atoms with Gasteiger partial charge >= 0.3 is 0 Å². The smallest absolute Gasteiger partial charge is 0.269 e. The van der Waals surface area contributed by atoms with Crippen molar-refractivity contribution < 1.29 is 9.53 Å². The largest absolute Gasteiger partial charge is 0.496 e. The first-order valence-corrected chi connectivity index (χ1v) is 10.1. The molecule has 6 nitrogen and oxygen atoms in total. The summed E-state index contributed by atoms with van der Waals surface area (Å²) in [7, 11) is 1.63. The van der Waals surface area contributed by atoms with Gasteiger partial charge in [-0.3, -0.25) is 14.9 Å². The number of piperidine rings is 1. The predicted molar refractivity (Wildman–Crippen MR) is 113 cm³/mol. The maximum atomic E-state index is 13.1. The maximum absolute atomic E-state index is 13.1. The highest BCUT2D eigenvalue weighted by atomic mass is 16.5. The number of hydrazine groups is 1. The van der Waals surface area contributed by atoms with Gasteiger partial charge in [0.2, 0.25) is 0 Å². The first-order chi connectivity index (χ1) is 14.2. The van der Waals surface area contributed by atoms with E-state index in [0.29, 0.717) is 23.6 Å². The van der Waals surface area contributed by atoms with Gasteiger partial charge in [-0.15, -0.1) is 0 Å². The van der Waals surface area contributed by atoms with E-state index in [4.69, 9.17) is 9.84 Å². The predicted octanol–water partition coefficient (Wildman–Crippen LogP) is 3.74. The lowest BCUT2D eigenvalue weighted by Gasteiger charge is -2.26. The Balaban J connectivity index is 1.68. The third-order valence-corrected chi connectivity index (χ3v) is 5.17. The van der Waals surface area contributed by atoms with Crippen molar-refractivity contribution in [3.63, 3.8) is 0 Å². The quantitative estimate of drug-likeness (QED) is 0.697. The van der Waals surface area contributed by atoms with Gasteiger partial charge in [-0.1, -0.05) is 48.9 Å². The van der Waals surface area contributed by atoms with Crippen molar-refractivity contribution in [1.82, 2.24) is 20.2 Å². The topological polar surface area (TPSA) is 59.4 Å². The van der Waals surface area contributed by atoms with E-state index in [1.54, 1.807) is 7.11 Å². The number of benzene rings is 2. The molecule has 1 fully saturated rings. The van der Waals surface area contributed by atoms with E-state index in [1.807, 2.05) is 58.4 Å². The fraction of sp³-hybridized carbons (Fsp3) is 0.304. The molecule has 0 atom stereocenters. The minimum atomic E-state index is -0.132. The molecule has 3 aromatic rings. The SMILES string of the molecule is COc1ccccc1-c1nn(Cc2ccccc2)cc1C(=O)NN1CCCCC1. The monoisotopic (exact) mass is 390 g/mol. The van der Waals surface area contributed by atoms with E-state index < -0.39 is 0 Å². The molecule has 6 heteroatoms. The highest BCUT2D eigenvalue weighted by Crippen LogP contribution is 2.31. The molecule has 0 unspecified atom stereocenters. The molecule has 150 valence electrons. The second-order valence-corrected chi connectivity index (χ2v) is 7.26. The fourth-order valence-electron chi connectivity index (χ4n) is 3.69. The number of rotatable bonds is 6. The van der Waals surface area contributed by atoms with Crippen LogP contribution in [0.15, 0.2) is 60.8 Å². The minimum absolute atomic E-state index is 0.132. The molecule has 2 heterocycles. The Morgan fingerprint density at radius 1 is 1.03 bits per heavy atom. The van der Waals surface area contributed by atoms with E-state index in [-0.39, 0.29) is 5.91 Å². The summed E-state index contributed by atoms with van der Waals surface area (Å²) in [5.74, 6) is 0.566. The molecule has 0 spiro atoms. The molecular weight excluding hydrogens is 364 g/mol. The van der Waals surface area contributed by atoms with Crippen molar-refractivity contribution in [3.8, 4) is 17.0 Å². The number of carbonyl (C=O) groups is 1. The van der Waals surface area contributed by atoms with Crippen molar-refractivity contribution in [3.05, 3.63) is 71.9 Å². The normalized spacial score (nSPS) is 14.5. The van der Waals surface area contributed by atoms with Crippen molar-refractivity contribution in [2.75, 3.05) is 20.2 Å². The van der Waals surface area contributed by atoms with Crippen LogP contribution in [-0.2, 0) is 6.54 Å². The number of hydrogen-bond acceptors (Lipinski definition) is 4. The Kier molecular flexibility index (Phi) is 5.91. The summed E-state index contributed by atoms with van der Waals surface area (Å²) in [6.07, 6.45) is 5.25. The molecule has 0 bridgehead atoms. The van der Waals surface area contributed by atoms with Crippen LogP contribution < -0.4 is 10.2 Å². The van der Waals surface area contributed by atoms with Crippen molar-refractivity contribution in [2.45, 2.75) is 25.8 Å². The van der Waals surface area contributed by atoms with Crippen LogP contribution in [0, 0.1) is 0 Å². The third-order valence-electron chi connectivity index (χ3n) is 5.17. The van der Waals surface area contributed by atoms with Crippen LogP contribution in [0.4, 0.5) is 0 Å². The first kappa shape index (κ1) is 19.2. The van der Waals surface area contributed by atoms with Crippen LogP contribution in [0.5, 0.6) is 5.75 Å². The lowest BCUT2D eigenvalue weighted by Crippen LogP contribution is -2.45. The molecular formula is C23H26N4O2. The molecule has 1 aliphatic heterocycles. The van der Waals surface area contributed by atoms with Crippen LogP contribution in [0.1, 0.15) is 35.2 Å². The zero-order valence-corrected chi connectivity index (χ0v) is 16.7. The highest BCUT2D eigenvalue weighted by molar-refractivity contribution is 6.00. The summed E-state index contributed by atoms with van der Waals surface area (Å²) in [5.41, 5.74) is 6.18. The molecule has 29 heavy (non-hydrogen) atoms. The molecule has 4 rings (SSSR count). The lowest BCUT2D eigenvalue weighted by molar-refractivity contribution is 0.0750. The molecule has 1 saturated heterocycles. The Labute approximate surface area is 171 Å². The zero-order valence-electron chi connectivity index (χ0n) is 16.7. The van der Waals surface area contributed by atoms with Crippen molar-refractivity contribution in [1.29, 1.82) is 0 Å². The molecule has 0 saturated carbocycles. The zero-order chi connectivity index (χ0) is 20.1. The second-order valence-electron chi connectivity index (χ2n) is 7.26. The van der Waals surface area contributed by atoms with Crippen molar-refractivity contribution in [2.24, 2.45) is 0 Å². The average molecular weight is 390 g/mol. The van der Waals surface area contributed by atoms with Gasteiger partial charge in [0.05, 0.1) is 19.2 Å². The van der Waals surface area contributed by atoms with E-state index >= 15 is 0 Å². The number of nitrogens with one attached hydrogen (secondary N) is 1. The molecule has 0 radical (unpaired) electrons. The fourth-order valence-corrected chi connectivity index (χ4v) is 3.69. The summed E-state index contributed by atoms with van der Waals surface area (Å²) in [6.45, 7) is 2.36. The molecule has 1 aromatic heterocycles. The first-order valence-electron chi connectivity index (χ1n) is 10.1. The lowest BCUT2D eigenvalue weighted by atomic mass is 10.1. The van der Waals surface area contributed by atoms with Crippen LogP contribution in [0.2, 0.25) is 0 Å². The van der Waals surface area contributed by atoms with Gasteiger partial charge < -0.3 is 4.74 Å². The number of para-hydroxylation sites is 1. The standard InChI is InChI=1S/C23H26N4O2/c1-29-21-13-7-6-12-19(21)22-20(23(28)25-26-14-8-3-9-15-26)17-27(24-22)16-18-10-4-2-5-11-18/h2,4-7,10-13,17H,3,8-9,14-16H2,1H3,(H,25,28). The van der Waals surface area contributed by atoms with Crippen molar-refractivity contribution >= 4 is 5.91 Å². The Morgan fingerprint density at radius 3 is 2.52 bits per heavy atom. The van der Waals surface area contributed by atoms with Gasteiger partial charge in [0.15, 0.2) is 0 Å². The maximum Gasteiger partial charge on any atom is 0.269 e. The van der Waals surface area contributed by atoms with Crippen LogP contribution in [0.25, 0.3) is 11.3 Å². The summed E-state index contributed by atoms with van der Waals surface area (Å²) < 4.78 is 7.34. The number of ether oxygens (including phenoxy) is 1. The number of nitrogens with zero attached hydrogens (tertiary/aromatic N) is 3. The third kappa shape index (κ3) is 4.49. The highest BCUT2D eigenvalue weighted by Gasteiger charge is 2.22. The number of aromatic nitrogens is 2. The van der Waals surface area contributed by atoms with E-state index in [9.17, 15) is 4.79 Å². The van der Waals surface area contributed by atoms with Gasteiger partial charge in [-0.05, 0) is 30.5 Å². The molecule has 2 aromatic carbocycles.